The van der Waals surface area contributed by atoms with E-state index in [-0.39, 0.29) is 29.0 Å². The van der Waals surface area contributed by atoms with Crippen LogP contribution in [-0.2, 0) is 22.0 Å². The second-order valence-corrected chi connectivity index (χ2v) is 10.7. The van der Waals surface area contributed by atoms with Crippen molar-refractivity contribution in [2.24, 2.45) is 0 Å². The van der Waals surface area contributed by atoms with E-state index in [1.807, 2.05) is 6.92 Å². The average molecular weight is 403 g/mol. The van der Waals surface area contributed by atoms with Crippen LogP contribution in [0.4, 0.5) is 0 Å². The molecule has 4 heteroatoms. The molecule has 1 N–H and O–H groups in total. The van der Waals surface area contributed by atoms with Crippen LogP contribution < -0.4 is 9.47 Å². The summed E-state index contributed by atoms with van der Waals surface area (Å²) in [5.74, 6) is 1.30. The standard InChI is InChI=1S/C25H38O4/c1-16(15-26)11-10-12-25(9)14-18-20(29-25)13-19(23(3,4)5)22(28-17(2)27)21(18)24(6,7)8/h11,13,26H,10,12,14-15H2,1-9H3/b16-11+. The van der Waals surface area contributed by atoms with E-state index in [4.69, 9.17) is 9.47 Å². The zero-order chi connectivity index (χ0) is 22.2. The highest BCUT2D eigenvalue weighted by Crippen LogP contribution is 2.50. The Balaban J connectivity index is 2.58. The molecule has 1 unspecified atom stereocenters. The molecule has 4 nitrogen and oxygen atoms in total. The molecule has 0 radical (unpaired) electrons. The summed E-state index contributed by atoms with van der Waals surface area (Å²) >= 11 is 0. The first kappa shape index (κ1) is 23.5. The third-order valence-electron chi connectivity index (χ3n) is 5.47. The second kappa shape index (κ2) is 8.14. The van der Waals surface area contributed by atoms with Crippen molar-refractivity contribution in [3.8, 4) is 11.5 Å². The number of ether oxygens (including phenoxy) is 2. The minimum atomic E-state index is -0.321. The van der Waals surface area contributed by atoms with Gasteiger partial charge in [0.2, 0.25) is 0 Å². The number of allylic oxidation sites excluding steroid dienone is 1. The van der Waals surface area contributed by atoms with Crippen LogP contribution in [-0.4, -0.2) is 23.3 Å². The van der Waals surface area contributed by atoms with E-state index in [0.29, 0.717) is 5.75 Å². The molecule has 1 heterocycles. The van der Waals surface area contributed by atoms with Crippen molar-refractivity contribution < 1.29 is 19.4 Å². The predicted octanol–water partition coefficient (Wildman–Crippen LogP) is 5.62. The predicted molar refractivity (Wildman–Crippen MR) is 118 cm³/mol. The van der Waals surface area contributed by atoms with E-state index in [1.54, 1.807) is 0 Å². The minimum Gasteiger partial charge on any atom is -0.487 e. The SMILES string of the molecule is CC(=O)Oc1c(C(C)(C)C)cc2c(c1C(C)(C)C)CC(C)(CC/C=C(\C)CO)O2. The number of hydrogen-bond acceptors (Lipinski definition) is 4. The topological polar surface area (TPSA) is 55.8 Å². The van der Waals surface area contributed by atoms with Gasteiger partial charge >= 0.3 is 5.97 Å². The molecule has 0 fully saturated rings. The Hall–Kier alpha value is -1.81. The van der Waals surface area contributed by atoms with Crippen LogP contribution in [0, 0.1) is 0 Å². The summed E-state index contributed by atoms with van der Waals surface area (Å²) in [5.41, 5.74) is 3.48. The number of hydrogen-bond donors (Lipinski definition) is 1. The Labute approximate surface area is 176 Å². The van der Waals surface area contributed by atoms with Crippen LogP contribution >= 0.6 is 0 Å². The van der Waals surface area contributed by atoms with E-state index in [1.165, 1.54) is 6.92 Å². The van der Waals surface area contributed by atoms with Crippen molar-refractivity contribution in [2.45, 2.75) is 98.0 Å². The third-order valence-corrected chi connectivity index (χ3v) is 5.47. The Morgan fingerprint density at radius 3 is 2.31 bits per heavy atom. The van der Waals surface area contributed by atoms with Crippen molar-refractivity contribution >= 4 is 5.97 Å². The lowest BCUT2D eigenvalue weighted by Crippen LogP contribution is -2.30. The summed E-state index contributed by atoms with van der Waals surface area (Å²) < 4.78 is 12.3. The zero-order valence-corrected chi connectivity index (χ0v) is 19.7. The van der Waals surface area contributed by atoms with Crippen molar-refractivity contribution in [1.29, 1.82) is 0 Å². The molecule has 0 saturated heterocycles. The molecule has 0 amide bonds. The molecule has 1 aromatic rings. The smallest absolute Gasteiger partial charge is 0.308 e. The van der Waals surface area contributed by atoms with Crippen LogP contribution in [0.1, 0.15) is 91.8 Å². The molecule has 0 spiro atoms. The number of fused-ring (bicyclic) bond motifs is 1. The van der Waals surface area contributed by atoms with E-state index in [9.17, 15) is 9.90 Å². The summed E-state index contributed by atoms with van der Waals surface area (Å²) in [6, 6.07) is 2.07. The van der Waals surface area contributed by atoms with Crippen LogP contribution in [0.2, 0.25) is 0 Å². The van der Waals surface area contributed by atoms with Gasteiger partial charge in [-0.1, -0.05) is 53.2 Å². The van der Waals surface area contributed by atoms with Crippen molar-refractivity contribution in [3.63, 3.8) is 0 Å². The number of rotatable bonds is 5. The molecular formula is C25H38O4. The molecule has 0 aliphatic carbocycles. The van der Waals surface area contributed by atoms with Gasteiger partial charge in [-0.05, 0) is 43.6 Å². The highest BCUT2D eigenvalue weighted by Gasteiger charge is 2.41. The fraction of sp³-hybridized carbons (Fsp3) is 0.640. The molecule has 1 aromatic carbocycles. The van der Waals surface area contributed by atoms with Gasteiger partial charge in [-0.15, -0.1) is 0 Å². The molecule has 1 atom stereocenters. The summed E-state index contributed by atoms with van der Waals surface area (Å²) in [6.07, 6.45) is 4.56. The maximum Gasteiger partial charge on any atom is 0.308 e. The Kier molecular flexibility index (Phi) is 6.59. The lowest BCUT2D eigenvalue weighted by atomic mass is 9.75. The summed E-state index contributed by atoms with van der Waals surface area (Å²) in [7, 11) is 0. The molecule has 0 bridgehead atoms. The van der Waals surface area contributed by atoms with Crippen molar-refractivity contribution in [1.82, 2.24) is 0 Å². The van der Waals surface area contributed by atoms with Gasteiger partial charge in [-0.25, -0.2) is 0 Å². The lowest BCUT2D eigenvalue weighted by Gasteiger charge is -2.30. The molecule has 1 aliphatic heterocycles. The number of esters is 1. The monoisotopic (exact) mass is 402 g/mol. The maximum absolute atomic E-state index is 12.0. The van der Waals surface area contributed by atoms with E-state index in [2.05, 4.69) is 60.6 Å². The van der Waals surface area contributed by atoms with Gasteiger partial charge < -0.3 is 14.6 Å². The van der Waals surface area contributed by atoms with Gasteiger partial charge in [-0.2, -0.15) is 0 Å². The molecule has 0 aromatic heterocycles. The van der Waals surface area contributed by atoms with Crippen LogP contribution in [0.15, 0.2) is 17.7 Å². The highest BCUT2D eigenvalue weighted by atomic mass is 16.5. The molecule has 1 aliphatic rings. The largest absolute Gasteiger partial charge is 0.487 e. The fourth-order valence-corrected chi connectivity index (χ4v) is 4.05. The average Bonchev–Trinajstić information content (AvgIpc) is 2.86. The first-order chi connectivity index (χ1) is 13.2. The maximum atomic E-state index is 12.0. The summed E-state index contributed by atoms with van der Waals surface area (Å²) in [4.78, 5) is 12.0. The van der Waals surface area contributed by atoms with E-state index < -0.39 is 0 Å². The Morgan fingerprint density at radius 2 is 1.83 bits per heavy atom. The highest BCUT2D eigenvalue weighted by molar-refractivity contribution is 5.72. The lowest BCUT2D eigenvalue weighted by molar-refractivity contribution is -0.132. The fourth-order valence-electron chi connectivity index (χ4n) is 4.05. The minimum absolute atomic E-state index is 0.0899. The normalized spacial score (nSPS) is 19.7. The van der Waals surface area contributed by atoms with Gasteiger partial charge in [0, 0.05) is 30.0 Å². The number of carbonyl (C=O) groups is 1. The van der Waals surface area contributed by atoms with Crippen molar-refractivity contribution in [3.05, 3.63) is 34.4 Å². The van der Waals surface area contributed by atoms with Crippen molar-refractivity contribution in [2.75, 3.05) is 6.61 Å². The quantitative estimate of drug-likeness (QED) is 0.394. The number of aliphatic hydroxyl groups excluding tert-OH is 1. The molecule has 162 valence electrons. The number of carbonyl (C=O) groups excluding carboxylic acids is 1. The summed E-state index contributed by atoms with van der Waals surface area (Å²) in [5, 5.41) is 9.23. The van der Waals surface area contributed by atoms with Crippen LogP contribution in [0.5, 0.6) is 11.5 Å². The molecular weight excluding hydrogens is 364 g/mol. The van der Waals surface area contributed by atoms with Gasteiger partial charge in [0.05, 0.1) is 6.61 Å². The molecule has 2 rings (SSSR count). The third kappa shape index (κ3) is 5.42. The first-order valence-corrected chi connectivity index (χ1v) is 10.5. The van der Waals surface area contributed by atoms with Crippen LogP contribution in [0.3, 0.4) is 0 Å². The zero-order valence-electron chi connectivity index (χ0n) is 19.7. The van der Waals surface area contributed by atoms with Crippen LogP contribution in [0.25, 0.3) is 0 Å². The van der Waals surface area contributed by atoms with E-state index >= 15 is 0 Å². The second-order valence-electron chi connectivity index (χ2n) is 10.7. The Bertz CT molecular complexity index is 806. The van der Waals surface area contributed by atoms with Gasteiger partial charge in [0.1, 0.15) is 17.1 Å². The molecule has 29 heavy (non-hydrogen) atoms. The Morgan fingerprint density at radius 1 is 1.21 bits per heavy atom. The van der Waals surface area contributed by atoms with Gasteiger partial charge in [0.15, 0.2) is 0 Å². The number of aliphatic hydroxyl groups is 1. The number of benzene rings is 1. The molecule has 0 saturated carbocycles. The van der Waals surface area contributed by atoms with Gasteiger partial charge in [-0.3, -0.25) is 4.79 Å². The first-order valence-electron chi connectivity index (χ1n) is 10.5. The summed E-state index contributed by atoms with van der Waals surface area (Å²) in [6.45, 7) is 18.5. The van der Waals surface area contributed by atoms with E-state index in [0.717, 1.165) is 47.3 Å². The van der Waals surface area contributed by atoms with Gasteiger partial charge in [0.25, 0.3) is 0 Å².